The fraction of sp³-hybridized carbons (Fsp3) is 0.333. The van der Waals surface area contributed by atoms with E-state index in [1.807, 2.05) is 37.3 Å². The quantitative estimate of drug-likeness (QED) is 0.735. The molecule has 0 unspecified atom stereocenters. The molecule has 0 radical (unpaired) electrons. The van der Waals surface area contributed by atoms with Gasteiger partial charge in [-0.2, -0.15) is 0 Å². The maximum atomic E-state index is 9.97. The predicted molar refractivity (Wildman–Crippen MR) is 55.8 cm³/mol. The Bertz CT molecular complexity index is 368. The first-order valence-corrected chi connectivity index (χ1v) is 4.72. The van der Waals surface area contributed by atoms with Crippen molar-refractivity contribution < 1.29 is 9.84 Å². The van der Waals surface area contributed by atoms with Crippen LogP contribution < -0.4 is 0 Å². The lowest BCUT2D eigenvalue weighted by Gasteiger charge is -2.26. The van der Waals surface area contributed by atoms with Crippen molar-refractivity contribution in [1.82, 2.24) is 0 Å². The van der Waals surface area contributed by atoms with Crippen LogP contribution in [0.15, 0.2) is 30.3 Å². The number of methoxy groups -OCH3 is 1. The van der Waals surface area contributed by atoms with Gasteiger partial charge in [-0.05, 0) is 29.7 Å². The Hall–Kier alpha value is -1.12. The number of fused-ring (bicyclic) bond motifs is 1. The zero-order chi connectivity index (χ0) is 10.1. The van der Waals surface area contributed by atoms with E-state index in [9.17, 15) is 5.11 Å². The summed E-state index contributed by atoms with van der Waals surface area (Å²) in [6.07, 6.45) is 1.21. The van der Waals surface area contributed by atoms with Crippen molar-refractivity contribution in [2.24, 2.45) is 0 Å². The van der Waals surface area contributed by atoms with Gasteiger partial charge in [-0.15, -0.1) is 0 Å². The normalized spacial score (nSPS) is 25.5. The van der Waals surface area contributed by atoms with E-state index in [1.54, 1.807) is 7.11 Å². The van der Waals surface area contributed by atoms with Crippen LogP contribution in [0.5, 0.6) is 0 Å². The van der Waals surface area contributed by atoms with Gasteiger partial charge in [0, 0.05) is 7.11 Å². The first kappa shape index (κ1) is 9.44. The minimum Gasteiger partial charge on any atom is -0.385 e. The van der Waals surface area contributed by atoms with E-state index in [0.717, 1.165) is 16.7 Å². The molecule has 0 aromatic heterocycles. The highest BCUT2D eigenvalue weighted by molar-refractivity contribution is 5.69. The SMILES string of the molecule is CO[C@@H]1C=C(C)c2ccccc2[C@H]1O. The number of hydrogen-bond donors (Lipinski definition) is 1. The molecule has 0 aliphatic heterocycles. The van der Waals surface area contributed by atoms with Gasteiger partial charge in [0.1, 0.15) is 12.2 Å². The van der Waals surface area contributed by atoms with E-state index >= 15 is 0 Å². The molecule has 0 heterocycles. The summed E-state index contributed by atoms with van der Waals surface area (Å²) >= 11 is 0. The van der Waals surface area contributed by atoms with Gasteiger partial charge in [0.15, 0.2) is 0 Å². The van der Waals surface area contributed by atoms with E-state index < -0.39 is 6.10 Å². The summed E-state index contributed by atoms with van der Waals surface area (Å²) in [5, 5.41) is 9.97. The molecule has 1 aliphatic rings. The van der Waals surface area contributed by atoms with Crippen molar-refractivity contribution in [2.75, 3.05) is 7.11 Å². The molecule has 1 aliphatic carbocycles. The van der Waals surface area contributed by atoms with Gasteiger partial charge in [-0.1, -0.05) is 24.3 Å². The Balaban J connectivity index is 2.51. The molecule has 0 bridgehead atoms. The lowest BCUT2D eigenvalue weighted by molar-refractivity contribution is 0.0146. The van der Waals surface area contributed by atoms with E-state index in [0.29, 0.717) is 0 Å². The minimum atomic E-state index is -0.542. The van der Waals surface area contributed by atoms with E-state index in [1.165, 1.54) is 0 Å². The second-order valence-electron chi connectivity index (χ2n) is 3.58. The molecule has 2 atom stereocenters. The highest BCUT2D eigenvalue weighted by Crippen LogP contribution is 2.33. The number of rotatable bonds is 1. The molecule has 14 heavy (non-hydrogen) atoms. The molecule has 1 aromatic rings. The molecule has 2 nitrogen and oxygen atoms in total. The Morgan fingerprint density at radius 3 is 2.71 bits per heavy atom. The molecule has 74 valence electrons. The monoisotopic (exact) mass is 190 g/mol. The fourth-order valence-electron chi connectivity index (χ4n) is 1.92. The van der Waals surface area contributed by atoms with Crippen molar-refractivity contribution in [3.63, 3.8) is 0 Å². The zero-order valence-electron chi connectivity index (χ0n) is 8.40. The second-order valence-corrected chi connectivity index (χ2v) is 3.58. The largest absolute Gasteiger partial charge is 0.385 e. The molecular formula is C12H14O2. The summed E-state index contributed by atoms with van der Waals surface area (Å²) in [4.78, 5) is 0. The van der Waals surface area contributed by atoms with E-state index in [2.05, 4.69) is 0 Å². The van der Waals surface area contributed by atoms with Crippen LogP contribution in [0.2, 0.25) is 0 Å². The van der Waals surface area contributed by atoms with Crippen LogP contribution in [-0.4, -0.2) is 18.3 Å². The molecule has 0 saturated carbocycles. The third-order valence-electron chi connectivity index (χ3n) is 2.70. The number of allylic oxidation sites excluding steroid dienone is 1. The van der Waals surface area contributed by atoms with Crippen LogP contribution in [-0.2, 0) is 4.74 Å². The van der Waals surface area contributed by atoms with Gasteiger partial charge in [0.25, 0.3) is 0 Å². The second kappa shape index (κ2) is 3.56. The zero-order valence-corrected chi connectivity index (χ0v) is 8.40. The lowest BCUT2D eigenvalue weighted by Crippen LogP contribution is -2.23. The van der Waals surface area contributed by atoms with Crippen LogP contribution in [0.25, 0.3) is 5.57 Å². The van der Waals surface area contributed by atoms with Crippen molar-refractivity contribution in [2.45, 2.75) is 19.1 Å². The summed E-state index contributed by atoms with van der Waals surface area (Å²) in [6.45, 7) is 2.04. The molecular weight excluding hydrogens is 176 g/mol. The fourth-order valence-corrected chi connectivity index (χ4v) is 1.92. The molecule has 1 N–H and O–H groups in total. The summed E-state index contributed by atoms with van der Waals surface area (Å²) in [7, 11) is 1.62. The Morgan fingerprint density at radius 2 is 2.00 bits per heavy atom. The molecule has 0 fully saturated rings. The first-order chi connectivity index (χ1) is 6.74. The van der Waals surface area contributed by atoms with E-state index in [4.69, 9.17) is 4.74 Å². The number of hydrogen-bond acceptors (Lipinski definition) is 2. The number of ether oxygens (including phenoxy) is 1. The topological polar surface area (TPSA) is 29.5 Å². The van der Waals surface area contributed by atoms with Crippen LogP contribution >= 0.6 is 0 Å². The molecule has 2 heteroatoms. The van der Waals surface area contributed by atoms with Gasteiger partial charge in [-0.25, -0.2) is 0 Å². The number of aliphatic hydroxyl groups is 1. The van der Waals surface area contributed by atoms with Crippen LogP contribution in [0.1, 0.15) is 24.2 Å². The third kappa shape index (κ3) is 1.37. The molecule has 0 saturated heterocycles. The third-order valence-corrected chi connectivity index (χ3v) is 2.70. The lowest BCUT2D eigenvalue weighted by atomic mass is 9.88. The first-order valence-electron chi connectivity index (χ1n) is 4.72. The summed E-state index contributed by atoms with van der Waals surface area (Å²) in [5.41, 5.74) is 3.24. The van der Waals surface area contributed by atoms with Gasteiger partial charge in [-0.3, -0.25) is 0 Å². The van der Waals surface area contributed by atoms with Crippen LogP contribution in [0, 0.1) is 0 Å². The van der Waals surface area contributed by atoms with Gasteiger partial charge < -0.3 is 9.84 Å². The van der Waals surface area contributed by atoms with Crippen molar-refractivity contribution in [3.8, 4) is 0 Å². The van der Waals surface area contributed by atoms with Gasteiger partial charge in [0.05, 0.1) is 0 Å². The van der Waals surface area contributed by atoms with E-state index in [-0.39, 0.29) is 6.10 Å². The Morgan fingerprint density at radius 1 is 1.29 bits per heavy atom. The highest BCUT2D eigenvalue weighted by Gasteiger charge is 2.25. The average Bonchev–Trinajstić information content (AvgIpc) is 2.23. The number of aliphatic hydroxyl groups excluding tert-OH is 1. The van der Waals surface area contributed by atoms with Crippen molar-refractivity contribution >= 4 is 5.57 Å². The van der Waals surface area contributed by atoms with Gasteiger partial charge >= 0.3 is 0 Å². The van der Waals surface area contributed by atoms with Crippen molar-refractivity contribution in [3.05, 3.63) is 41.5 Å². The molecule has 2 rings (SSSR count). The predicted octanol–water partition coefficient (Wildman–Crippen LogP) is 2.15. The maximum absolute atomic E-state index is 9.97. The minimum absolute atomic E-state index is 0.218. The van der Waals surface area contributed by atoms with Crippen molar-refractivity contribution in [1.29, 1.82) is 0 Å². The summed E-state index contributed by atoms with van der Waals surface area (Å²) < 4.78 is 5.20. The average molecular weight is 190 g/mol. The standard InChI is InChI=1S/C12H14O2/c1-8-7-11(14-2)12(13)10-6-4-3-5-9(8)10/h3-7,11-13H,1-2H3/t11-,12-/m1/s1. The molecule has 0 spiro atoms. The summed E-state index contributed by atoms with van der Waals surface area (Å²) in [6, 6.07) is 7.89. The maximum Gasteiger partial charge on any atom is 0.109 e. The smallest absolute Gasteiger partial charge is 0.109 e. The van der Waals surface area contributed by atoms with Crippen LogP contribution in [0.4, 0.5) is 0 Å². The molecule has 1 aromatic carbocycles. The molecule has 0 amide bonds. The Kier molecular flexibility index (Phi) is 2.40. The van der Waals surface area contributed by atoms with Gasteiger partial charge in [0.2, 0.25) is 0 Å². The number of benzene rings is 1. The highest BCUT2D eigenvalue weighted by atomic mass is 16.5. The van der Waals surface area contributed by atoms with Crippen LogP contribution in [0.3, 0.4) is 0 Å². The Labute approximate surface area is 83.8 Å². The summed E-state index contributed by atoms with van der Waals surface area (Å²) in [5.74, 6) is 0.